The summed E-state index contributed by atoms with van der Waals surface area (Å²) in [5.41, 5.74) is 0.0766. The number of rotatable bonds is 4. The lowest BCUT2D eigenvalue weighted by atomic mass is 9.79. The molecule has 0 aliphatic heterocycles. The van der Waals surface area contributed by atoms with E-state index < -0.39 is 31.4 Å². The summed E-state index contributed by atoms with van der Waals surface area (Å²) in [6.45, 7) is 12.2. The molecule has 144 valence electrons. The van der Waals surface area contributed by atoms with Gasteiger partial charge in [-0.05, 0) is 29.9 Å². The fourth-order valence-corrected chi connectivity index (χ4v) is 4.44. The van der Waals surface area contributed by atoms with Gasteiger partial charge in [0.25, 0.3) is 0 Å². The van der Waals surface area contributed by atoms with Gasteiger partial charge in [0.05, 0.1) is 0 Å². The van der Waals surface area contributed by atoms with Crippen molar-refractivity contribution < 1.29 is 33.4 Å². The Morgan fingerprint density at radius 1 is 0.920 bits per heavy atom. The maximum Gasteiger partial charge on any atom is 0.391 e. The molecule has 4 N–H and O–H groups in total. The molecule has 0 aliphatic rings. The zero-order chi connectivity index (χ0) is 20.0. The zero-order valence-electron chi connectivity index (χ0n) is 15.6. The summed E-state index contributed by atoms with van der Waals surface area (Å²) in [5.74, 6) is 0.0574. The molecule has 1 aromatic carbocycles. The zero-order valence-corrected chi connectivity index (χ0v) is 17.4. The third kappa shape index (κ3) is 5.32. The highest BCUT2D eigenvalue weighted by Crippen LogP contribution is 2.62. The molecule has 2 atom stereocenters. The highest BCUT2D eigenvalue weighted by molar-refractivity contribution is 7.71. The average molecular weight is 394 g/mol. The standard InChI is InChI=1S/C16H28O7P2/c1-10(24(18,19)20)25(21,22)23-11-8-12(15(2,3)4)14(17)13(9-11)16(5,6)7/h8-10,17H,1-7H3,(H,21,22)(H2,18,19,20). The molecule has 0 spiro atoms. The van der Waals surface area contributed by atoms with Crippen molar-refractivity contribution in [2.24, 2.45) is 0 Å². The van der Waals surface area contributed by atoms with E-state index >= 15 is 0 Å². The predicted molar refractivity (Wildman–Crippen MR) is 97.5 cm³/mol. The number of phenolic OH excluding ortho intramolecular Hbond substituents is 1. The summed E-state index contributed by atoms with van der Waals surface area (Å²) in [4.78, 5) is 28.3. The molecule has 2 unspecified atom stereocenters. The minimum absolute atomic E-state index is 0.0150. The average Bonchev–Trinajstić information content (AvgIpc) is 2.35. The molecule has 0 fully saturated rings. The van der Waals surface area contributed by atoms with Crippen molar-refractivity contribution in [3.63, 3.8) is 0 Å². The topological polar surface area (TPSA) is 124 Å². The Balaban J connectivity index is 3.52. The van der Waals surface area contributed by atoms with E-state index in [2.05, 4.69) is 0 Å². The molecular formula is C16H28O7P2. The van der Waals surface area contributed by atoms with Crippen molar-refractivity contribution >= 4 is 15.2 Å². The predicted octanol–water partition coefficient (Wildman–Crippen LogP) is 4.08. The van der Waals surface area contributed by atoms with Crippen molar-refractivity contribution in [3.8, 4) is 11.5 Å². The number of phenols is 1. The molecular weight excluding hydrogens is 366 g/mol. The first-order valence-electron chi connectivity index (χ1n) is 7.82. The van der Waals surface area contributed by atoms with Crippen LogP contribution < -0.4 is 4.52 Å². The first-order chi connectivity index (χ1) is 10.9. The Morgan fingerprint density at radius 2 is 1.28 bits per heavy atom. The van der Waals surface area contributed by atoms with E-state index in [1.807, 2.05) is 41.5 Å². The lowest BCUT2D eigenvalue weighted by Crippen LogP contribution is -2.18. The van der Waals surface area contributed by atoms with Crippen LogP contribution in [0, 0.1) is 0 Å². The van der Waals surface area contributed by atoms with Gasteiger partial charge in [-0.15, -0.1) is 0 Å². The van der Waals surface area contributed by atoms with E-state index in [4.69, 9.17) is 4.52 Å². The SMILES string of the molecule is CC(P(=O)(O)O)P(=O)(O)Oc1cc(C(C)(C)C)c(O)c(C(C)(C)C)c1. The van der Waals surface area contributed by atoms with Gasteiger partial charge < -0.3 is 24.3 Å². The molecule has 0 heterocycles. The first kappa shape index (κ1) is 22.2. The summed E-state index contributed by atoms with van der Waals surface area (Å²) in [6.07, 6.45) is 0. The molecule has 0 bridgehead atoms. The Morgan fingerprint density at radius 3 is 1.56 bits per heavy atom. The van der Waals surface area contributed by atoms with Gasteiger partial charge in [-0.3, -0.25) is 4.57 Å². The molecule has 7 nitrogen and oxygen atoms in total. The molecule has 1 rings (SSSR count). The summed E-state index contributed by atoms with van der Waals surface area (Å²) in [5, 5.41) is 8.75. The smallest absolute Gasteiger partial charge is 0.391 e. The van der Waals surface area contributed by atoms with Gasteiger partial charge in [0.1, 0.15) is 11.5 Å². The second-order valence-electron chi connectivity index (χ2n) is 8.24. The molecule has 1 aromatic rings. The fraction of sp³-hybridized carbons (Fsp3) is 0.625. The third-order valence-electron chi connectivity index (χ3n) is 3.89. The lowest BCUT2D eigenvalue weighted by Gasteiger charge is -2.29. The van der Waals surface area contributed by atoms with E-state index in [0.29, 0.717) is 11.1 Å². The number of benzene rings is 1. The highest BCUT2D eigenvalue weighted by atomic mass is 31.2. The normalized spacial score (nSPS) is 17.0. The molecule has 9 heteroatoms. The van der Waals surface area contributed by atoms with Crippen LogP contribution in [0.15, 0.2) is 12.1 Å². The molecule has 0 aliphatic carbocycles. The van der Waals surface area contributed by atoms with Gasteiger partial charge in [-0.25, -0.2) is 4.57 Å². The largest absolute Gasteiger partial charge is 0.507 e. The van der Waals surface area contributed by atoms with Gasteiger partial charge in [0.2, 0.25) is 0 Å². The van der Waals surface area contributed by atoms with Crippen LogP contribution in [-0.2, 0) is 20.0 Å². The van der Waals surface area contributed by atoms with Crippen LogP contribution in [-0.4, -0.2) is 25.2 Å². The van der Waals surface area contributed by atoms with Gasteiger partial charge in [0.15, 0.2) is 5.40 Å². The first-order valence-corrected chi connectivity index (χ1v) is 11.2. The monoisotopic (exact) mass is 394 g/mol. The van der Waals surface area contributed by atoms with Gasteiger partial charge in [-0.2, -0.15) is 0 Å². The Labute approximate surface area is 148 Å². The van der Waals surface area contributed by atoms with Gasteiger partial charge >= 0.3 is 15.2 Å². The maximum absolute atomic E-state index is 12.3. The van der Waals surface area contributed by atoms with Crippen LogP contribution in [0.3, 0.4) is 0 Å². The van der Waals surface area contributed by atoms with Crippen molar-refractivity contribution in [2.45, 2.75) is 64.7 Å². The number of aromatic hydroxyl groups is 1. The quantitative estimate of drug-likeness (QED) is 0.567. The summed E-state index contributed by atoms with van der Waals surface area (Å²) in [6, 6.07) is 2.86. The molecule has 0 radical (unpaired) electrons. The number of hydrogen-bond acceptors (Lipinski definition) is 4. The van der Waals surface area contributed by atoms with E-state index in [-0.39, 0.29) is 11.5 Å². The van der Waals surface area contributed by atoms with Crippen LogP contribution in [0.25, 0.3) is 0 Å². The Kier molecular flexibility index (Phi) is 5.96. The minimum Gasteiger partial charge on any atom is -0.507 e. The fourth-order valence-electron chi connectivity index (χ4n) is 2.22. The second kappa shape index (κ2) is 6.71. The van der Waals surface area contributed by atoms with E-state index in [0.717, 1.165) is 6.92 Å². The van der Waals surface area contributed by atoms with Crippen LogP contribution in [0.1, 0.15) is 59.6 Å². The summed E-state index contributed by atoms with van der Waals surface area (Å²) >= 11 is 0. The van der Waals surface area contributed by atoms with E-state index in [9.17, 15) is 28.9 Å². The van der Waals surface area contributed by atoms with Gasteiger partial charge in [0, 0.05) is 11.1 Å². The van der Waals surface area contributed by atoms with Crippen LogP contribution >= 0.6 is 15.2 Å². The molecule has 0 saturated carbocycles. The molecule has 0 aromatic heterocycles. The lowest BCUT2D eigenvalue weighted by molar-refractivity contribution is 0.344. The molecule has 25 heavy (non-hydrogen) atoms. The summed E-state index contributed by atoms with van der Waals surface area (Å²) in [7, 11) is -9.43. The maximum atomic E-state index is 12.3. The molecule has 0 saturated heterocycles. The van der Waals surface area contributed by atoms with Crippen LogP contribution in [0.5, 0.6) is 11.5 Å². The van der Waals surface area contributed by atoms with Crippen molar-refractivity contribution in [2.75, 3.05) is 0 Å². The summed E-state index contributed by atoms with van der Waals surface area (Å²) < 4.78 is 28.8. The minimum atomic E-state index is -4.80. The Hall–Kier alpha value is -0.840. The van der Waals surface area contributed by atoms with E-state index in [1.165, 1.54) is 12.1 Å². The van der Waals surface area contributed by atoms with Gasteiger partial charge in [-0.1, -0.05) is 41.5 Å². The van der Waals surface area contributed by atoms with Crippen molar-refractivity contribution in [1.29, 1.82) is 0 Å². The Bertz CT molecular complexity index is 703. The van der Waals surface area contributed by atoms with Crippen molar-refractivity contribution in [1.82, 2.24) is 0 Å². The molecule has 0 amide bonds. The van der Waals surface area contributed by atoms with E-state index in [1.54, 1.807) is 0 Å². The van der Waals surface area contributed by atoms with Crippen molar-refractivity contribution in [3.05, 3.63) is 23.3 Å². The van der Waals surface area contributed by atoms with Crippen LogP contribution in [0.2, 0.25) is 0 Å². The second-order valence-corrected chi connectivity index (χ2v) is 12.7. The highest BCUT2D eigenvalue weighted by Gasteiger charge is 2.43. The van der Waals surface area contributed by atoms with Crippen LogP contribution in [0.4, 0.5) is 0 Å². The number of hydrogen-bond donors (Lipinski definition) is 4. The third-order valence-corrected chi connectivity index (χ3v) is 8.06.